The van der Waals surface area contributed by atoms with Crippen molar-refractivity contribution in [2.24, 2.45) is 0 Å². The van der Waals surface area contributed by atoms with Gasteiger partial charge in [0.2, 0.25) is 0 Å². The fourth-order valence-electron chi connectivity index (χ4n) is 2.45. The van der Waals surface area contributed by atoms with Crippen molar-refractivity contribution in [3.8, 4) is 11.5 Å². The molecule has 0 aliphatic heterocycles. The molecule has 0 atom stereocenters. The van der Waals surface area contributed by atoms with Crippen LogP contribution in [0.15, 0.2) is 36.4 Å². The van der Waals surface area contributed by atoms with Crippen LogP contribution in [-0.2, 0) is 0 Å². The van der Waals surface area contributed by atoms with Crippen molar-refractivity contribution in [2.75, 3.05) is 37.9 Å². The Morgan fingerprint density at radius 2 is 1.22 bits per heavy atom. The number of benzene rings is 2. The zero-order valence-corrected chi connectivity index (χ0v) is 15.1. The molecule has 0 unspecified atom stereocenters. The van der Waals surface area contributed by atoms with Crippen LogP contribution in [0.2, 0.25) is 0 Å². The molecule has 2 rings (SSSR count). The zero-order chi connectivity index (χ0) is 19.8. The van der Waals surface area contributed by atoms with Crippen molar-refractivity contribution in [3.05, 3.63) is 47.5 Å². The van der Waals surface area contributed by atoms with Gasteiger partial charge in [0.25, 0.3) is 0 Å². The molecule has 2 aromatic rings. The monoisotopic (exact) mass is 374 g/mol. The molecule has 0 spiro atoms. The molecular weight excluding hydrogens is 352 g/mol. The van der Waals surface area contributed by atoms with Gasteiger partial charge in [0.05, 0.1) is 35.7 Å². The molecule has 0 heterocycles. The first kappa shape index (κ1) is 19.9. The molecular formula is C19H22N2O6. The molecule has 4 N–H and O–H groups in total. The van der Waals surface area contributed by atoms with Crippen molar-refractivity contribution >= 4 is 23.3 Å². The first-order valence-electron chi connectivity index (χ1n) is 8.32. The van der Waals surface area contributed by atoms with Gasteiger partial charge < -0.3 is 30.3 Å². The van der Waals surface area contributed by atoms with Crippen LogP contribution >= 0.6 is 0 Å². The minimum Gasteiger partial charge on any atom is -0.493 e. The van der Waals surface area contributed by atoms with Crippen LogP contribution in [0.4, 0.5) is 11.4 Å². The average molecular weight is 374 g/mol. The topological polar surface area (TPSA) is 117 Å². The summed E-state index contributed by atoms with van der Waals surface area (Å²) >= 11 is 0. The molecule has 8 nitrogen and oxygen atoms in total. The predicted octanol–water partition coefficient (Wildman–Crippen LogP) is 3.01. The van der Waals surface area contributed by atoms with Gasteiger partial charge in [0.15, 0.2) is 0 Å². The van der Waals surface area contributed by atoms with Crippen LogP contribution in [0.5, 0.6) is 11.5 Å². The fourth-order valence-corrected chi connectivity index (χ4v) is 2.45. The standard InChI is InChI=1S/C19H22N2O6/c1-20-16-10-12(4-6-14(16)18(22)23)26-8-3-9-27-13-5-7-15(19(24)25)17(11-13)21-2/h4-7,10-11,20-21H,3,8-9H2,1-2H3,(H,22,23)(H,24,25). The Morgan fingerprint density at radius 3 is 1.56 bits per heavy atom. The van der Waals surface area contributed by atoms with E-state index >= 15 is 0 Å². The second-order valence-electron chi connectivity index (χ2n) is 5.58. The van der Waals surface area contributed by atoms with Gasteiger partial charge in [-0.25, -0.2) is 9.59 Å². The lowest BCUT2D eigenvalue weighted by Gasteiger charge is -2.12. The molecule has 2 aromatic carbocycles. The minimum absolute atomic E-state index is 0.179. The molecule has 0 saturated carbocycles. The van der Waals surface area contributed by atoms with E-state index in [1.165, 1.54) is 12.1 Å². The number of carboxylic acid groups (broad SMARTS) is 2. The Bertz CT molecular complexity index is 754. The summed E-state index contributed by atoms with van der Waals surface area (Å²) in [5.41, 5.74) is 1.32. The van der Waals surface area contributed by atoms with Gasteiger partial charge in [-0.05, 0) is 24.3 Å². The second-order valence-corrected chi connectivity index (χ2v) is 5.58. The van der Waals surface area contributed by atoms with Crippen molar-refractivity contribution in [1.29, 1.82) is 0 Å². The maximum absolute atomic E-state index is 11.1. The highest BCUT2D eigenvalue weighted by Gasteiger charge is 2.11. The number of aromatic carboxylic acids is 2. The van der Waals surface area contributed by atoms with E-state index in [1.807, 2.05) is 0 Å². The quantitative estimate of drug-likeness (QED) is 0.469. The van der Waals surface area contributed by atoms with Gasteiger partial charge in [0.1, 0.15) is 11.5 Å². The van der Waals surface area contributed by atoms with E-state index in [2.05, 4.69) is 10.6 Å². The molecule has 0 saturated heterocycles. The first-order valence-corrected chi connectivity index (χ1v) is 8.32. The average Bonchev–Trinajstić information content (AvgIpc) is 2.66. The smallest absolute Gasteiger partial charge is 0.337 e. The molecule has 0 radical (unpaired) electrons. The summed E-state index contributed by atoms with van der Waals surface area (Å²) in [6.45, 7) is 0.781. The SMILES string of the molecule is CNc1cc(OCCCOc2ccc(C(=O)O)c(NC)c2)ccc1C(=O)O. The number of ether oxygens (including phenoxy) is 2. The molecule has 0 fully saturated rings. The minimum atomic E-state index is -1.01. The van der Waals surface area contributed by atoms with Gasteiger partial charge in [-0.15, -0.1) is 0 Å². The lowest BCUT2D eigenvalue weighted by molar-refractivity contribution is 0.0687. The number of carboxylic acids is 2. The zero-order valence-electron chi connectivity index (χ0n) is 15.1. The van der Waals surface area contributed by atoms with E-state index in [0.29, 0.717) is 42.5 Å². The summed E-state index contributed by atoms with van der Waals surface area (Å²) < 4.78 is 11.2. The number of hydrogen-bond acceptors (Lipinski definition) is 6. The third kappa shape index (κ3) is 5.27. The maximum atomic E-state index is 11.1. The van der Waals surface area contributed by atoms with Crippen molar-refractivity contribution < 1.29 is 29.3 Å². The number of anilines is 2. The van der Waals surface area contributed by atoms with E-state index in [4.69, 9.17) is 19.7 Å². The Hall–Kier alpha value is -3.42. The van der Waals surface area contributed by atoms with Crippen LogP contribution in [0.25, 0.3) is 0 Å². The first-order chi connectivity index (χ1) is 13.0. The Balaban J connectivity index is 1.84. The third-order valence-corrected chi connectivity index (χ3v) is 3.81. The highest BCUT2D eigenvalue weighted by atomic mass is 16.5. The fraction of sp³-hybridized carbons (Fsp3) is 0.263. The Labute approximate surface area is 156 Å². The van der Waals surface area contributed by atoms with Crippen molar-refractivity contribution in [3.63, 3.8) is 0 Å². The van der Waals surface area contributed by atoms with E-state index in [1.54, 1.807) is 38.4 Å². The van der Waals surface area contributed by atoms with Crippen molar-refractivity contribution in [1.82, 2.24) is 0 Å². The van der Waals surface area contributed by atoms with Crippen LogP contribution in [0.3, 0.4) is 0 Å². The summed E-state index contributed by atoms with van der Waals surface area (Å²) in [5, 5.41) is 23.8. The molecule has 0 aromatic heterocycles. The van der Waals surface area contributed by atoms with Crippen LogP contribution in [0, 0.1) is 0 Å². The number of rotatable bonds is 10. The second kappa shape index (κ2) is 9.33. The van der Waals surface area contributed by atoms with Crippen LogP contribution in [-0.4, -0.2) is 49.5 Å². The predicted molar refractivity (Wildman–Crippen MR) is 102 cm³/mol. The molecule has 0 bridgehead atoms. The molecule has 144 valence electrons. The summed E-state index contributed by atoms with van der Waals surface area (Å²) in [5.74, 6) is -0.886. The van der Waals surface area contributed by atoms with E-state index in [9.17, 15) is 9.59 Å². The number of hydrogen-bond donors (Lipinski definition) is 4. The number of nitrogens with one attached hydrogen (secondary N) is 2. The molecule has 0 aliphatic rings. The molecule has 0 amide bonds. The highest BCUT2D eigenvalue weighted by Crippen LogP contribution is 2.24. The normalized spacial score (nSPS) is 10.1. The lowest BCUT2D eigenvalue weighted by atomic mass is 10.1. The molecule has 8 heteroatoms. The number of carbonyl (C=O) groups is 2. The van der Waals surface area contributed by atoms with Crippen molar-refractivity contribution in [2.45, 2.75) is 6.42 Å². The third-order valence-electron chi connectivity index (χ3n) is 3.81. The van der Waals surface area contributed by atoms with Crippen LogP contribution in [0.1, 0.15) is 27.1 Å². The highest BCUT2D eigenvalue weighted by molar-refractivity contribution is 5.95. The van der Waals surface area contributed by atoms with Gasteiger partial charge in [-0.2, -0.15) is 0 Å². The van der Waals surface area contributed by atoms with Gasteiger partial charge in [-0.1, -0.05) is 0 Å². The van der Waals surface area contributed by atoms with Gasteiger partial charge in [-0.3, -0.25) is 0 Å². The lowest BCUT2D eigenvalue weighted by Crippen LogP contribution is -2.07. The summed E-state index contributed by atoms with van der Waals surface area (Å²) in [6, 6.07) is 9.46. The largest absolute Gasteiger partial charge is 0.493 e. The maximum Gasteiger partial charge on any atom is 0.337 e. The Morgan fingerprint density at radius 1 is 0.815 bits per heavy atom. The van der Waals surface area contributed by atoms with E-state index in [-0.39, 0.29) is 11.1 Å². The summed E-state index contributed by atoms with van der Waals surface area (Å²) in [6.07, 6.45) is 0.602. The van der Waals surface area contributed by atoms with E-state index in [0.717, 1.165) is 0 Å². The van der Waals surface area contributed by atoms with Gasteiger partial charge in [0, 0.05) is 32.6 Å². The Kier molecular flexibility index (Phi) is 6.87. The van der Waals surface area contributed by atoms with Crippen LogP contribution < -0.4 is 20.1 Å². The molecule has 0 aliphatic carbocycles. The van der Waals surface area contributed by atoms with Gasteiger partial charge >= 0.3 is 11.9 Å². The molecule has 27 heavy (non-hydrogen) atoms. The summed E-state index contributed by atoms with van der Waals surface area (Å²) in [7, 11) is 3.29. The van der Waals surface area contributed by atoms with E-state index < -0.39 is 11.9 Å². The summed E-state index contributed by atoms with van der Waals surface area (Å²) in [4.78, 5) is 22.2.